The first-order valence-corrected chi connectivity index (χ1v) is 12.8. The van der Waals surface area contributed by atoms with E-state index in [1.165, 1.54) is 0 Å². The SMILES string of the molecule is O=C(c1cccc(C(O)(c2cc[nH]n2)c2ccccc2-c2ccccc2)c1)c1ccccc1-c1ccccc1. The first-order valence-electron chi connectivity index (χ1n) is 12.8. The van der Waals surface area contributed by atoms with Crippen molar-refractivity contribution < 1.29 is 9.90 Å². The highest BCUT2D eigenvalue weighted by Gasteiger charge is 2.38. The zero-order valence-corrected chi connectivity index (χ0v) is 21.2. The van der Waals surface area contributed by atoms with E-state index in [9.17, 15) is 9.90 Å². The minimum absolute atomic E-state index is 0.114. The molecule has 6 rings (SSSR count). The Morgan fingerprint density at radius 2 is 1.26 bits per heavy atom. The fourth-order valence-corrected chi connectivity index (χ4v) is 5.16. The van der Waals surface area contributed by atoms with Gasteiger partial charge in [-0.15, -0.1) is 0 Å². The number of nitrogens with zero attached hydrogens (tertiary/aromatic N) is 1. The van der Waals surface area contributed by atoms with Gasteiger partial charge in [-0.2, -0.15) is 5.10 Å². The maximum absolute atomic E-state index is 13.9. The van der Waals surface area contributed by atoms with Crippen LogP contribution in [0, 0.1) is 0 Å². The molecular formula is C35H26N2O2. The molecule has 5 aromatic carbocycles. The highest BCUT2D eigenvalue weighted by atomic mass is 16.3. The lowest BCUT2D eigenvalue weighted by molar-refractivity contribution is 0.103. The maximum Gasteiger partial charge on any atom is 0.193 e. The summed E-state index contributed by atoms with van der Waals surface area (Å²) in [6.45, 7) is 0. The Morgan fingerprint density at radius 1 is 0.641 bits per heavy atom. The Hall–Kier alpha value is -5.06. The van der Waals surface area contributed by atoms with Crippen molar-refractivity contribution in [2.75, 3.05) is 0 Å². The summed E-state index contributed by atoms with van der Waals surface area (Å²) in [5.74, 6) is -0.114. The highest BCUT2D eigenvalue weighted by molar-refractivity contribution is 6.13. The fourth-order valence-electron chi connectivity index (χ4n) is 5.16. The lowest BCUT2D eigenvalue weighted by Crippen LogP contribution is -2.30. The average molecular weight is 507 g/mol. The summed E-state index contributed by atoms with van der Waals surface area (Å²) >= 11 is 0. The van der Waals surface area contributed by atoms with Crippen molar-refractivity contribution in [3.8, 4) is 22.3 Å². The van der Waals surface area contributed by atoms with E-state index in [-0.39, 0.29) is 5.78 Å². The number of hydrogen-bond acceptors (Lipinski definition) is 3. The summed E-state index contributed by atoms with van der Waals surface area (Å²) in [6, 6.07) is 44.2. The van der Waals surface area contributed by atoms with Gasteiger partial charge in [-0.05, 0) is 39.9 Å². The minimum Gasteiger partial charge on any atom is -0.374 e. The Kier molecular flexibility index (Phi) is 6.45. The number of hydrogen-bond donors (Lipinski definition) is 2. The highest BCUT2D eigenvalue weighted by Crippen LogP contribution is 2.41. The van der Waals surface area contributed by atoms with Gasteiger partial charge in [-0.25, -0.2) is 0 Å². The van der Waals surface area contributed by atoms with Crippen molar-refractivity contribution in [1.29, 1.82) is 0 Å². The zero-order valence-electron chi connectivity index (χ0n) is 21.2. The van der Waals surface area contributed by atoms with Gasteiger partial charge in [-0.1, -0.05) is 127 Å². The molecule has 0 radical (unpaired) electrons. The molecule has 0 fully saturated rings. The number of aromatic amines is 1. The molecule has 0 amide bonds. The van der Waals surface area contributed by atoms with Gasteiger partial charge in [-0.3, -0.25) is 9.89 Å². The minimum atomic E-state index is -1.61. The Morgan fingerprint density at radius 3 is 1.95 bits per heavy atom. The molecule has 0 spiro atoms. The van der Waals surface area contributed by atoms with Crippen LogP contribution in [0.5, 0.6) is 0 Å². The second-order valence-corrected chi connectivity index (χ2v) is 9.40. The molecule has 1 unspecified atom stereocenters. The average Bonchev–Trinajstić information content (AvgIpc) is 3.57. The largest absolute Gasteiger partial charge is 0.374 e. The van der Waals surface area contributed by atoms with Crippen LogP contribution in [-0.4, -0.2) is 21.1 Å². The normalized spacial score (nSPS) is 12.5. The van der Waals surface area contributed by atoms with Crippen LogP contribution in [0.4, 0.5) is 0 Å². The Bertz CT molecular complexity index is 1730. The van der Waals surface area contributed by atoms with Crippen molar-refractivity contribution in [2.45, 2.75) is 5.60 Å². The Labute approximate surface area is 227 Å². The third kappa shape index (κ3) is 4.48. The predicted molar refractivity (Wildman–Crippen MR) is 154 cm³/mol. The first kappa shape index (κ1) is 24.3. The van der Waals surface area contributed by atoms with E-state index >= 15 is 0 Å². The van der Waals surface area contributed by atoms with Gasteiger partial charge in [0, 0.05) is 22.9 Å². The van der Waals surface area contributed by atoms with Crippen molar-refractivity contribution in [3.05, 3.63) is 174 Å². The summed E-state index contributed by atoms with van der Waals surface area (Å²) in [5.41, 5.74) is 4.87. The molecule has 4 heteroatoms. The molecule has 39 heavy (non-hydrogen) atoms. The van der Waals surface area contributed by atoms with Crippen LogP contribution >= 0.6 is 0 Å². The number of H-pyrrole nitrogens is 1. The van der Waals surface area contributed by atoms with Gasteiger partial charge in [0.2, 0.25) is 0 Å². The van der Waals surface area contributed by atoms with Gasteiger partial charge < -0.3 is 5.11 Å². The number of carbonyl (C=O) groups excluding carboxylic acids is 1. The van der Waals surface area contributed by atoms with Crippen molar-refractivity contribution in [3.63, 3.8) is 0 Å². The van der Waals surface area contributed by atoms with Crippen molar-refractivity contribution >= 4 is 5.78 Å². The first-order chi connectivity index (χ1) is 19.2. The van der Waals surface area contributed by atoms with Crippen LogP contribution in [0.3, 0.4) is 0 Å². The number of ketones is 1. The van der Waals surface area contributed by atoms with Crippen LogP contribution in [0.25, 0.3) is 22.3 Å². The lowest BCUT2D eigenvalue weighted by atomic mass is 9.79. The van der Waals surface area contributed by atoms with Crippen molar-refractivity contribution in [1.82, 2.24) is 10.2 Å². The molecule has 1 aromatic heterocycles. The second-order valence-electron chi connectivity index (χ2n) is 9.40. The molecule has 0 bridgehead atoms. The van der Waals surface area contributed by atoms with Crippen LogP contribution in [0.1, 0.15) is 32.7 Å². The molecular weight excluding hydrogens is 480 g/mol. The van der Waals surface area contributed by atoms with Crippen LogP contribution in [0.2, 0.25) is 0 Å². The topological polar surface area (TPSA) is 66.0 Å². The van der Waals surface area contributed by atoms with Gasteiger partial charge in [0.1, 0.15) is 5.69 Å². The van der Waals surface area contributed by atoms with Gasteiger partial charge in [0.15, 0.2) is 11.4 Å². The molecule has 0 saturated carbocycles. The second kappa shape index (κ2) is 10.4. The van der Waals surface area contributed by atoms with E-state index in [1.807, 2.05) is 121 Å². The zero-order chi connectivity index (χ0) is 26.7. The van der Waals surface area contributed by atoms with Crippen LogP contribution < -0.4 is 0 Å². The number of nitrogens with one attached hydrogen (secondary N) is 1. The Balaban J connectivity index is 1.50. The summed E-state index contributed by atoms with van der Waals surface area (Å²) in [4.78, 5) is 13.9. The number of benzene rings is 5. The van der Waals surface area contributed by atoms with Crippen molar-refractivity contribution in [2.24, 2.45) is 0 Å². The molecule has 6 aromatic rings. The molecule has 2 N–H and O–H groups in total. The standard InChI is InChI=1S/C35H26N2O2/c38-34(31-20-8-7-18-29(31)25-12-3-1-4-13-25)27-16-11-17-28(24-27)35(39,33-22-23-36-37-33)32-21-10-9-19-30(32)26-14-5-2-6-15-26/h1-24,39H,(H,36,37). The summed E-state index contributed by atoms with van der Waals surface area (Å²) < 4.78 is 0. The third-order valence-corrected chi connectivity index (χ3v) is 7.07. The smallest absolute Gasteiger partial charge is 0.193 e. The molecule has 0 saturated heterocycles. The number of aliphatic hydroxyl groups is 1. The number of rotatable bonds is 7. The monoisotopic (exact) mass is 506 g/mol. The molecule has 1 heterocycles. The summed E-state index contributed by atoms with van der Waals surface area (Å²) in [7, 11) is 0. The molecule has 0 aliphatic carbocycles. The summed E-state index contributed by atoms with van der Waals surface area (Å²) in [6.07, 6.45) is 1.69. The van der Waals surface area contributed by atoms with E-state index in [1.54, 1.807) is 24.4 Å². The van der Waals surface area contributed by atoms with Crippen LogP contribution in [-0.2, 0) is 5.60 Å². The third-order valence-electron chi connectivity index (χ3n) is 7.07. The predicted octanol–water partition coefficient (Wildman–Crippen LogP) is 7.26. The van der Waals surface area contributed by atoms with E-state index in [0.29, 0.717) is 27.9 Å². The van der Waals surface area contributed by atoms with E-state index < -0.39 is 5.60 Å². The molecule has 1 atom stereocenters. The lowest BCUT2D eigenvalue weighted by Gasteiger charge is -2.30. The molecule has 4 nitrogen and oxygen atoms in total. The fraction of sp³-hybridized carbons (Fsp3) is 0.0286. The molecule has 188 valence electrons. The quantitative estimate of drug-likeness (QED) is 0.224. The van der Waals surface area contributed by atoms with Gasteiger partial charge in [0.25, 0.3) is 0 Å². The van der Waals surface area contributed by atoms with Crippen LogP contribution in [0.15, 0.2) is 146 Å². The summed E-state index contributed by atoms with van der Waals surface area (Å²) in [5, 5.41) is 19.8. The number of carbonyl (C=O) groups is 1. The van der Waals surface area contributed by atoms with E-state index in [2.05, 4.69) is 10.2 Å². The van der Waals surface area contributed by atoms with Gasteiger partial charge in [0.05, 0.1) is 0 Å². The molecule has 0 aliphatic heterocycles. The van der Waals surface area contributed by atoms with Gasteiger partial charge >= 0.3 is 0 Å². The maximum atomic E-state index is 13.9. The number of aromatic nitrogens is 2. The van der Waals surface area contributed by atoms with E-state index in [0.717, 1.165) is 22.3 Å². The van der Waals surface area contributed by atoms with E-state index in [4.69, 9.17) is 0 Å². The molecule has 0 aliphatic rings.